The quantitative estimate of drug-likeness (QED) is 0.0448. The first-order valence-electron chi connectivity index (χ1n) is 10.5. The molecule has 0 bridgehead atoms. The van der Waals surface area contributed by atoms with E-state index in [0.717, 1.165) is 16.2 Å². The van der Waals surface area contributed by atoms with Crippen LogP contribution in [-0.4, -0.2) is 84.3 Å². The molecule has 2 aromatic rings. The number of carboxylic acid groups (broad SMARTS) is 1. The van der Waals surface area contributed by atoms with Crippen molar-refractivity contribution in [3.63, 3.8) is 0 Å². The van der Waals surface area contributed by atoms with Gasteiger partial charge in [0.15, 0.2) is 15.2 Å². The van der Waals surface area contributed by atoms with Crippen molar-refractivity contribution in [2.24, 2.45) is 5.16 Å². The van der Waals surface area contributed by atoms with Crippen molar-refractivity contribution in [3.8, 4) is 0 Å². The molecule has 38 heavy (non-hydrogen) atoms. The van der Waals surface area contributed by atoms with Gasteiger partial charge in [-0.1, -0.05) is 28.3 Å². The average molecular weight is 608 g/mol. The molecule has 0 saturated carbocycles. The Bertz CT molecular complexity index is 1310. The van der Waals surface area contributed by atoms with E-state index in [9.17, 15) is 29.5 Å². The van der Waals surface area contributed by atoms with E-state index in [-0.39, 0.29) is 70.6 Å². The van der Waals surface area contributed by atoms with Crippen LogP contribution in [-0.2, 0) is 30.3 Å². The average Bonchev–Trinajstić information content (AvgIpc) is 3.49. The number of thioether (sulfide) groups is 2. The Kier molecular flexibility index (Phi) is 10.6. The minimum absolute atomic E-state index is 0. The SMILES string of the molecule is CCOC(=O)Cc1nnc(SCC2=C(C(=O)[O-])N3C(=O)C(NC(=O)C(=NO)c4csc(N)n4)[C@H]3SC2)s1.[Na+]. The molecule has 2 aliphatic rings. The second kappa shape index (κ2) is 13.2. The monoisotopic (exact) mass is 607 g/mol. The molecule has 19 heteroatoms. The number of thiazole rings is 1. The molecule has 1 saturated heterocycles. The van der Waals surface area contributed by atoms with Crippen LogP contribution >= 0.6 is 46.2 Å². The Labute approximate surface area is 253 Å². The van der Waals surface area contributed by atoms with Gasteiger partial charge < -0.3 is 30.9 Å². The zero-order valence-electron chi connectivity index (χ0n) is 19.9. The van der Waals surface area contributed by atoms with E-state index >= 15 is 0 Å². The number of nitrogens with zero attached hydrogens (tertiary/aromatic N) is 5. The van der Waals surface area contributed by atoms with Crippen LogP contribution < -0.4 is 45.7 Å². The Hall–Kier alpha value is -2.22. The first kappa shape index (κ1) is 30.3. The van der Waals surface area contributed by atoms with Crippen molar-refractivity contribution < 1.29 is 63.8 Å². The maximum absolute atomic E-state index is 12.8. The number of anilines is 1. The van der Waals surface area contributed by atoms with Crippen molar-refractivity contribution in [1.29, 1.82) is 0 Å². The number of carbonyl (C=O) groups is 4. The summed E-state index contributed by atoms with van der Waals surface area (Å²) in [6, 6.07) is -1.04. The maximum Gasteiger partial charge on any atom is 1.00 e. The second-order valence-electron chi connectivity index (χ2n) is 7.35. The van der Waals surface area contributed by atoms with Crippen molar-refractivity contribution in [2.75, 3.05) is 23.8 Å². The zero-order valence-corrected chi connectivity index (χ0v) is 25.2. The largest absolute Gasteiger partial charge is 1.00 e. The summed E-state index contributed by atoms with van der Waals surface area (Å²) in [6.07, 6.45) is -0.00939. The standard InChI is InChI=1S/C19H19N7O7S4.Na/c1-2-33-10(27)3-9-23-24-19(37-9)36-5-7-4-34-16-12(15(29)26(16)13(7)17(30)31)22-14(28)11(25-32)8-6-35-18(20)21-8;/h6,12,16,32H,2-5H2,1H3,(H2,20,21)(H,22,28)(H,30,31);/q;+1/p-1/t12?,16-;/m1./s1. The number of amides is 2. The van der Waals surface area contributed by atoms with Crippen LogP contribution in [0.4, 0.5) is 5.13 Å². The van der Waals surface area contributed by atoms with Gasteiger partial charge in [-0.2, -0.15) is 0 Å². The van der Waals surface area contributed by atoms with E-state index in [0.29, 0.717) is 14.9 Å². The zero-order chi connectivity index (χ0) is 26.7. The van der Waals surface area contributed by atoms with Gasteiger partial charge in [0.25, 0.3) is 11.8 Å². The number of aromatic nitrogens is 3. The van der Waals surface area contributed by atoms with E-state index in [1.54, 1.807) is 6.92 Å². The number of nitrogens with two attached hydrogens (primary N) is 1. The molecular formula is C19H18N7NaO7S4. The second-order valence-corrected chi connectivity index (χ2v) is 11.6. The molecule has 0 radical (unpaired) electrons. The number of hydrogen-bond acceptors (Lipinski definition) is 16. The fraction of sp³-hybridized carbons (Fsp3) is 0.368. The number of ether oxygens (including phenoxy) is 1. The molecule has 2 amide bonds. The molecule has 1 fully saturated rings. The van der Waals surface area contributed by atoms with Gasteiger partial charge in [-0.25, -0.2) is 4.98 Å². The Morgan fingerprint density at radius 2 is 2.16 bits per heavy atom. The minimum atomic E-state index is -1.52. The number of rotatable bonds is 10. The van der Waals surface area contributed by atoms with Crippen LogP contribution in [0.25, 0.3) is 0 Å². The number of nitrogen functional groups attached to an aromatic ring is 1. The molecule has 4 heterocycles. The summed E-state index contributed by atoms with van der Waals surface area (Å²) in [5.74, 6) is -2.98. The molecule has 4 N–H and O–H groups in total. The molecular weight excluding hydrogens is 590 g/mol. The van der Waals surface area contributed by atoms with Crippen LogP contribution in [0, 0.1) is 0 Å². The Balaban J connectivity index is 0.00000400. The van der Waals surface area contributed by atoms with E-state index in [1.165, 1.54) is 40.2 Å². The van der Waals surface area contributed by atoms with Crippen LogP contribution in [0.1, 0.15) is 17.6 Å². The predicted octanol–water partition coefficient (Wildman–Crippen LogP) is -3.94. The number of oxime groups is 1. The molecule has 2 atom stereocenters. The maximum atomic E-state index is 12.8. The fourth-order valence-corrected chi connectivity index (χ4v) is 7.37. The van der Waals surface area contributed by atoms with Gasteiger partial charge in [-0.05, 0) is 12.5 Å². The van der Waals surface area contributed by atoms with Crippen LogP contribution in [0.15, 0.2) is 26.1 Å². The van der Waals surface area contributed by atoms with Gasteiger partial charge in [0.2, 0.25) is 0 Å². The van der Waals surface area contributed by atoms with E-state index < -0.39 is 40.9 Å². The van der Waals surface area contributed by atoms with Crippen molar-refractivity contribution in [2.45, 2.75) is 29.1 Å². The molecule has 196 valence electrons. The summed E-state index contributed by atoms with van der Waals surface area (Å²) in [5.41, 5.74) is 5.36. The summed E-state index contributed by atoms with van der Waals surface area (Å²) >= 11 is 4.72. The molecule has 0 spiro atoms. The smallest absolute Gasteiger partial charge is 0.543 e. The number of nitrogens with one attached hydrogen (secondary N) is 1. The number of hydrogen-bond donors (Lipinski definition) is 3. The first-order chi connectivity index (χ1) is 17.7. The number of esters is 1. The van der Waals surface area contributed by atoms with Crippen molar-refractivity contribution >= 4 is 80.8 Å². The fourth-order valence-electron chi connectivity index (χ4n) is 3.45. The third-order valence-electron chi connectivity index (χ3n) is 5.03. The van der Waals surface area contributed by atoms with E-state index in [2.05, 4.69) is 25.7 Å². The number of β-lactam (4-membered cyclic amide) rings is 1. The molecule has 0 aliphatic carbocycles. The molecule has 2 aliphatic heterocycles. The molecule has 1 unspecified atom stereocenters. The van der Waals surface area contributed by atoms with Crippen LogP contribution in [0.2, 0.25) is 0 Å². The third-order valence-corrected chi connectivity index (χ3v) is 9.18. The predicted molar refractivity (Wildman–Crippen MR) is 133 cm³/mol. The Morgan fingerprint density at radius 3 is 2.79 bits per heavy atom. The van der Waals surface area contributed by atoms with E-state index in [1.807, 2.05) is 0 Å². The van der Waals surface area contributed by atoms with Gasteiger partial charge in [0.05, 0.1) is 24.7 Å². The summed E-state index contributed by atoms with van der Waals surface area (Å²) in [6.45, 7) is 1.96. The van der Waals surface area contributed by atoms with Gasteiger partial charge >= 0.3 is 35.5 Å². The number of fused-ring (bicyclic) bond motifs is 1. The van der Waals surface area contributed by atoms with Crippen molar-refractivity contribution in [1.82, 2.24) is 25.4 Å². The third kappa shape index (κ3) is 6.49. The van der Waals surface area contributed by atoms with Crippen molar-refractivity contribution in [3.05, 3.63) is 27.4 Å². The molecule has 4 rings (SSSR count). The number of carbonyl (C=O) groups excluding carboxylic acids is 4. The van der Waals surface area contributed by atoms with Crippen LogP contribution in [0.5, 0.6) is 0 Å². The number of carboxylic acids is 1. The summed E-state index contributed by atoms with van der Waals surface area (Å²) < 4.78 is 5.41. The van der Waals surface area contributed by atoms with Crippen LogP contribution in [0.3, 0.4) is 0 Å². The van der Waals surface area contributed by atoms with E-state index in [4.69, 9.17) is 10.5 Å². The summed E-state index contributed by atoms with van der Waals surface area (Å²) in [5, 5.41) is 35.9. The Morgan fingerprint density at radius 1 is 1.39 bits per heavy atom. The summed E-state index contributed by atoms with van der Waals surface area (Å²) in [4.78, 5) is 54.0. The molecule has 14 nitrogen and oxygen atoms in total. The van der Waals surface area contributed by atoms with Gasteiger partial charge in [-0.3, -0.25) is 19.3 Å². The molecule has 2 aromatic heterocycles. The summed E-state index contributed by atoms with van der Waals surface area (Å²) in [7, 11) is 0. The van der Waals surface area contributed by atoms with Gasteiger partial charge in [0.1, 0.15) is 22.1 Å². The van der Waals surface area contributed by atoms with Gasteiger partial charge in [0, 0.05) is 16.9 Å². The first-order valence-corrected chi connectivity index (χ1v) is 14.2. The molecule has 0 aromatic carbocycles. The minimum Gasteiger partial charge on any atom is -0.543 e. The van der Waals surface area contributed by atoms with Gasteiger partial charge in [-0.15, -0.1) is 33.3 Å². The number of aliphatic carboxylic acids is 1. The normalized spacial score (nSPS) is 18.8. The topological polar surface area (TPSA) is 213 Å².